The zero-order chi connectivity index (χ0) is 23.2. The van der Waals surface area contributed by atoms with E-state index in [0.717, 1.165) is 44.0 Å². The van der Waals surface area contributed by atoms with E-state index in [1.807, 2.05) is 6.92 Å². The van der Waals surface area contributed by atoms with Crippen LogP contribution in [0.4, 0.5) is 36.8 Å². The van der Waals surface area contributed by atoms with E-state index in [1.165, 1.54) is 11.9 Å². The fraction of sp³-hybridized carbons (Fsp3) is 0.632. The molecule has 176 valence electrons. The second kappa shape index (κ2) is 10.3. The Morgan fingerprint density at radius 1 is 1.13 bits per heavy atom. The van der Waals surface area contributed by atoms with Gasteiger partial charge < -0.3 is 19.7 Å². The number of benzene rings is 1. The zero-order valence-corrected chi connectivity index (χ0v) is 17.1. The molecule has 1 atom stereocenters. The molecule has 31 heavy (non-hydrogen) atoms. The number of piperidine rings is 1. The highest BCUT2D eigenvalue weighted by Gasteiger charge is 2.30. The first kappa shape index (κ1) is 24.9. The SMILES string of the molecule is CC1CCCCN1CN(C)C(=O)Nc1cc(OCC(F)(F)F)ccc1OCC(F)(F)F. The number of urea groups is 1. The summed E-state index contributed by atoms with van der Waals surface area (Å²) in [6, 6.07) is 2.66. The maximum atomic E-state index is 12.6. The summed E-state index contributed by atoms with van der Waals surface area (Å²) in [6.45, 7) is -0.0827. The monoisotopic (exact) mass is 457 g/mol. The van der Waals surface area contributed by atoms with Crippen molar-refractivity contribution < 1.29 is 40.6 Å². The lowest BCUT2D eigenvalue weighted by Crippen LogP contribution is -2.46. The van der Waals surface area contributed by atoms with Crippen LogP contribution in [-0.4, -0.2) is 67.7 Å². The Labute approximate surface area is 176 Å². The summed E-state index contributed by atoms with van der Waals surface area (Å²) in [5.41, 5.74) is -0.229. The van der Waals surface area contributed by atoms with Crippen molar-refractivity contribution in [3.8, 4) is 11.5 Å². The molecule has 1 aromatic carbocycles. The molecule has 1 unspecified atom stereocenters. The van der Waals surface area contributed by atoms with E-state index >= 15 is 0 Å². The van der Waals surface area contributed by atoms with Gasteiger partial charge in [-0.3, -0.25) is 4.90 Å². The first-order valence-corrected chi connectivity index (χ1v) is 9.63. The Balaban J connectivity index is 2.12. The van der Waals surface area contributed by atoms with Crippen LogP contribution in [0.3, 0.4) is 0 Å². The minimum atomic E-state index is -4.63. The minimum absolute atomic E-state index is 0.229. The van der Waals surface area contributed by atoms with Gasteiger partial charge in [-0.25, -0.2) is 4.79 Å². The molecule has 1 aromatic rings. The third-order valence-corrected chi connectivity index (χ3v) is 4.67. The molecule has 1 saturated heterocycles. The number of alkyl halides is 6. The molecule has 0 aromatic heterocycles. The number of carbonyl (C=O) groups excluding carboxylic acids is 1. The molecule has 6 nitrogen and oxygen atoms in total. The van der Waals surface area contributed by atoms with E-state index in [9.17, 15) is 31.1 Å². The highest BCUT2D eigenvalue weighted by Crippen LogP contribution is 2.32. The largest absolute Gasteiger partial charge is 0.484 e. The van der Waals surface area contributed by atoms with Crippen molar-refractivity contribution in [3.05, 3.63) is 18.2 Å². The molecule has 0 aliphatic carbocycles. The molecule has 1 fully saturated rings. The number of carbonyl (C=O) groups is 1. The van der Waals surface area contributed by atoms with Crippen LogP contribution in [-0.2, 0) is 0 Å². The van der Waals surface area contributed by atoms with Gasteiger partial charge >= 0.3 is 18.4 Å². The average Bonchev–Trinajstić information content (AvgIpc) is 2.66. The van der Waals surface area contributed by atoms with Gasteiger partial charge in [0.05, 0.1) is 12.4 Å². The van der Waals surface area contributed by atoms with Crippen LogP contribution in [0.15, 0.2) is 18.2 Å². The predicted molar refractivity (Wildman–Crippen MR) is 101 cm³/mol. The molecule has 0 saturated carbocycles. The Morgan fingerprint density at radius 2 is 1.77 bits per heavy atom. The fourth-order valence-corrected chi connectivity index (χ4v) is 3.06. The van der Waals surface area contributed by atoms with Crippen LogP contribution in [0.2, 0.25) is 0 Å². The molecule has 0 spiro atoms. The topological polar surface area (TPSA) is 54.0 Å². The van der Waals surface area contributed by atoms with Crippen LogP contribution in [0, 0.1) is 0 Å². The second-order valence-corrected chi connectivity index (χ2v) is 7.39. The number of likely N-dealkylation sites (tertiary alicyclic amines) is 1. The van der Waals surface area contributed by atoms with Gasteiger partial charge in [0.1, 0.15) is 11.5 Å². The van der Waals surface area contributed by atoms with Gasteiger partial charge in [-0.2, -0.15) is 26.3 Å². The van der Waals surface area contributed by atoms with Crippen molar-refractivity contribution in [2.45, 2.75) is 44.6 Å². The predicted octanol–water partition coefficient (Wildman–Crippen LogP) is 4.86. The number of nitrogens with one attached hydrogen (secondary N) is 1. The first-order chi connectivity index (χ1) is 14.3. The Morgan fingerprint density at radius 3 is 2.39 bits per heavy atom. The average molecular weight is 457 g/mol. The van der Waals surface area contributed by atoms with Crippen LogP contribution < -0.4 is 14.8 Å². The summed E-state index contributed by atoms with van der Waals surface area (Å²) in [4.78, 5) is 16.0. The molecule has 1 aliphatic heterocycles. The summed E-state index contributed by atoms with van der Waals surface area (Å²) in [7, 11) is 1.51. The van der Waals surface area contributed by atoms with E-state index in [1.54, 1.807) is 0 Å². The minimum Gasteiger partial charge on any atom is -0.484 e. The normalized spacial score (nSPS) is 17.9. The van der Waals surface area contributed by atoms with Gasteiger partial charge in [0.25, 0.3) is 0 Å². The quantitative estimate of drug-likeness (QED) is 0.594. The maximum Gasteiger partial charge on any atom is 0.422 e. The number of ether oxygens (including phenoxy) is 2. The molecule has 0 radical (unpaired) electrons. The Bertz CT molecular complexity index is 742. The third-order valence-electron chi connectivity index (χ3n) is 4.67. The number of amides is 2. The Kier molecular flexibility index (Phi) is 8.27. The number of hydrogen-bond donors (Lipinski definition) is 1. The molecule has 2 rings (SSSR count). The van der Waals surface area contributed by atoms with Gasteiger partial charge in [-0.15, -0.1) is 0 Å². The van der Waals surface area contributed by atoms with Crippen LogP contribution in [0.1, 0.15) is 26.2 Å². The molecule has 12 heteroatoms. The Hall–Kier alpha value is -2.37. The van der Waals surface area contributed by atoms with Gasteiger partial charge in [0.15, 0.2) is 13.2 Å². The van der Waals surface area contributed by atoms with Gasteiger partial charge in [-0.05, 0) is 31.9 Å². The first-order valence-electron chi connectivity index (χ1n) is 9.63. The van der Waals surface area contributed by atoms with Crippen LogP contribution in [0.25, 0.3) is 0 Å². The van der Waals surface area contributed by atoms with Gasteiger partial charge in [0.2, 0.25) is 0 Å². The van der Waals surface area contributed by atoms with E-state index in [0.29, 0.717) is 0 Å². The molecule has 0 bridgehead atoms. The molecule has 1 heterocycles. The number of hydrogen-bond acceptors (Lipinski definition) is 4. The fourth-order valence-electron chi connectivity index (χ4n) is 3.06. The molecular weight excluding hydrogens is 432 g/mol. The lowest BCUT2D eigenvalue weighted by molar-refractivity contribution is -0.154. The smallest absolute Gasteiger partial charge is 0.422 e. The van der Waals surface area contributed by atoms with Crippen molar-refractivity contribution >= 4 is 11.7 Å². The van der Waals surface area contributed by atoms with Gasteiger partial charge in [0, 0.05) is 25.7 Å². The number of halogens is 6. The van der Waals surface area contributed by atoms with E-state index < -0.39 is 31.6 Å². The highest BCUT2D eigenvalue weighted by molar-refractivity contribution is 5.91. The number of nitrogens with zero attached hydrogens (tertiary/aromatic N) is 2. The van der Waals surface area contributed by atoms with Crippen molar-refractivity contribution in [2.24, 2.45) is 0 Å². The summed E-state index contributed by atoms with van der Waals surface area (Å²) in [5.74, 6) is -0.621. The van der Waals surface area contributed by atoms with E-state index in [-0.39, 0.29) is 29.9 Å². The van der Waals surface area contributed by atoms with Gasteiger partial charge in [-0.1, -0.05) is 6.42 Å². The second-order valence-electron chi connectivity index (χ2n) is 7.39. The van der Waals surface area contributed by atoms with Crippen molar-refractivity contribution in [3.63, 3.8) is 0 Å². The standard InChI is InChI=1S/C19H25F6N3O3/c1-13-5-3-4-8-28(13)12-27(2)17(29)26-15-9-14(30-10-18(20,21)22)6-7-16(15)31-11-19(23,24)25/h6-7,9,13H,3-5,8,10-12H2,1-2H3,(H,26,29). The van der Waals surface area contributed by atoms with Crippen molar-refractivity contribution in [2.75, 3.05) is 38.8 Å². The highest BCUT2D eigenvalue weighted by atomic mass is 19.4. The van der Waals surface area contributed by atoms with Crippen molar-refractivity contribution in [1.82, 2.24) is 9.80 Å². The summed E-state index contributed by atoms with van der Waals surface area (Å²) in [6.07, 6.45) is -6.15. The zero-order valence-electron chi connectivity index (χ0n) is 17.1. The third kappa shape index (κ3) is 8.72. The lowest BCUT2D eigenvalue weighted by Gasteiger charge is -2.36. The molecule has 1 aliphatic rings. The number of rotatable bonds is 7. The summed E-state index contributed by atoms with van der Waals surface area (Å²) >= 11 is 0. The summed E-state index contributed by atoms with van der Waals surface area (Å²) < 4.78 is 84.0. The summed E-state index contributed by atoms with van der Waals surface area (Å²) in [5, 5.41) is 2.40. The lowest BCUT2D eigenvalue weighted by atomic mass is 10.0. The van der Waals surface area contributed by atoms with Crippen LogP contribution in [0.5, 0.6) is 11.5 Å². The maximum absolute atomic E-state index is 12.6. The van der Waals surface area contributed by atoms with E-state index in [2.05, 4.69) is 15.0 Å². The molecule has 1 N–H and O–H groups in total. The number of anilines is 1. The molecule has 2 amide bonds. The molecular formula is C19H25F6N3O3. The van der Waals surface area contributed by atoms with Crippen LogP contribution >= 0.6 is 0 Å². The van der Waals surface area contributed by atoms with Crippen molar-refractivity contribution in [1.29, 1.82) is 0 Å². The van der Waals surface area contributed by atoms with E-state index in [4.69, 9.17) is 4.74 Å².